The molecule has 1 aliphatic rings. The Morgan fingerprint density at radius 2 is 2.04 bits per heavy atom. The Kier molecular flexibility index (Phi) is 5.16. The van der Waals surface area contributed by atoms with Gasteiger partial charge in [-0.3, -0.25) is 9.48 Å². The van der Waals surface area contributed by atoms with Crippen LogP contribution in [0.2, 0.25) is 0 Å². The summed E-state index contributed by atoms with van der Waals surface area (Å²) in [7, 11) is 3.99. The van der Waals surface area contributed by atoms with E-state index in [1.807, 2.05) is 55.4 Å². The van der Waals surface area contributed by atoms with Crippen molar-refractivity contribution in [1.82, 2.24) is 19.6 Å². The maximum absolute atomic E-state index is 13.1. The molecule has 3 heterocycles. The molecule has 0 unspecified atom stereocenters. The molecule has 1 amide bonds. The van der Waals surface area contributed by atoms with Crippen molar-refractivity contribution in [1.29, 1.82) is 0 Å². The highest BCUT2D eigenvalue weighted by molar-refractivity contribution is 5.78. The van der Waals surface area contributed by atoms with Gasteiger partial charge in [-0.2, -0.15) is 5.10 Å². The topological polar surface area (TPSA) is 63.7 Å². The van der Waals surface area contributed by atoms with E-state index in [1.54, 1.807) is 17.1 Å². The van der Waals surface area contributed by atoms with E-state index in [0.29, 0.717) is 19.7 Å². The van der Waals surface area contributed by atoms with Gasteiger partial charge in [0.1, 0.15) is 24.7 Å². The number of nitrogens with zero attached hydrogens (tertiary/aromatic N) is 4. The van der Waals surface area contributed by atoms with Crippen LogP contribution < -0.4 is 4.74 Å². The number of furan rings is 1. The third-order valence-corrected chi connectivity index (χ3v) is 4.82. The van der Waals surface area contributed by atoms with Gasteiger partial charge < -0.3 is 19.0 Å². The quantitative estimate of drug-likeness (QED) is 0.631. The third kappa shape index (κ3) is 3.80. The van der Waals surface area contributed by atoms with Crippen LogP contribution in [-0.2, 0) is 24.5 Å². The molecule has 0 spiro atoms. The van der Waals surface area contributed by atoms with E-state index >= 15 is 0 Å². The molecule has 1 aliphatic heterocycles. The van der Waals surface area contributed by atoms with Crippen LogP contribution in [0.4, 0.5) is 0 Å². The second-order valence-electron chi connectivity index (χ2n) is 7.16. The Hall–Kier alpha value is -3.06. The maximum Gasteiger partial charge on any atom is 0.244 e. The lowest BCUT2D eigenvalue weighted by Gasteiger charge is -2.24. The standard InChI is InChI=1S/C21H24N4O3/c1-23(2)9-10-24(13-17-6-5-11-27-17)20(26)14-25-21-16(12-22-25)15-28-19-8-4-3-7-18(19)21/h3-8,11-12H,9-10,13-15H2,1-2H3. The van der Waals surface area contributed by atoms with Gasteiger partial charge >= 0.3 is 0 Å². The van der Waals surface area contributed by atoms with Gasteiger partial charge in [-0.1, -0.05) is 12.1 Å². The van der Waals surface area contributed by atoms with Crippen LogP contribution in [0.15, 0.2) is 53.3 Å². The van der Waals surface area contributed by atoms with Crippen LogP contribution in [-0.4, -0.2) is 52.7 Å². The van der Waals surface area contributed by atoms with Crippen molar-refractivity contribution in [3.63, 3.8) is 0 Å². The molecule has 0 fully saturated rings. The molecule has 7 nitrogen and oxygen atoms in total. The van der Waals surface area contributed by atoms with Gasteiger partial charge in [0.05, 0.1) is 24.7 Å². The van der Waals surface area contributed by atoms with Gasteiger partial charge in [-0.25, -0.2) is 0 Å². The number of aromatic nitrogens is 2. The Morgan fingerprint density at radius 3 is 2.82 bits per heavy atom. The first-order valence-corrected chi connectivity index (χ1v) is 9.33. The lowest BCUT2D eigenvalue weighted by molar-refractivity contribution is -0.133. The number of rotatable bonds is 7. The van der Waals surface area contributed by atoms with Crippen molar-refractivity contribution in [2.24, 2.45) is 0 Å². The Bertz CT molecular complexity index is 946. The molecule has 0 bridgehead atoms. The number of amides is 1. The van der Waals surface area contributed by atoms with Gasteiger partial charge in [-0.05, 0) is 38.4 Å². The van der Waals surface area contributed by atoms with Crippen molar-refractivity contribution in [2.75, 3.05) is 27.2 Å². The molecular formula is C21H24N4O3. The molecule has 3 aromatic rings. The van der Waals surface area contributed by atoms with E-state index in [2.05, 4.69) is 10.00 Å². The first kappa shape index (κ1) is 18.3. The van der Waals surface area contributed by atoms with Gasteiger partial charge in [0, 0.05) is 24.2 Å². The average Bonchev–Trinajstić information content (AvgIpc) is 3.35. The Labute approximate surface area is 164 Å². The van der Waals surface area contributed by atoms with Crippen LogP contribution in [0.3, 0.4) is 0 Å². The molecule has 0 saturated heterocycles. The summed E-state index contributed by atoms with van der Waals surface area (Å²) in [4.78, 5) is 17.0. The van der Waals surface area contributed by atoms with Crippen LogP contribution in [0.25, 0.3) is 11.3 Å². The number of benzene rings is 1. The van der Waals surface area contributed by atoms with Crippen LogP contribution in [0, 0.1) is 0 Å². The van der Waals surface area contributed by atoms with E-state index in [9.17, 15) is 4.79 Å². The normalized spacial score (nSPS) is 12.4. The zero-order valence-corrected chi connectivity index (χ0v) is 16.2. The molecule has 0 radical (unpaired) electrons. The minimum atomic E-state index is 0.00752. The number of hydrogen-bond acceptors (Lipinski definition) is 5. The molecule has 0 N–H and O–H groups in total. The fourth-order valence-corrected chi connectivity index (χ4v) is 3.34. The number of carbonyl (C=O) groups excluding carboxylic acids is 1. The summed E-state index contributed by atoms with van der Waals surface area (Å²) in [5, 5.41) is 4.47. The predicted molar refractivity (Wildman–Crippen MR) is 105 cm³/mol. The molecule has 7 heteroatoms. The van der Waals surface area contributed by atoms with E-state index < -0.39 is 0 Å². The number of carbonyl (C=O) groups is 1. The summed E-state index contributed by atoms with van der Waals surface area (Å²) in [5.41, 5.74) is 2.93. The smallest absolute Gasteiger partial charge is 0.244 e. The molecule has 0 atom stereocenters. The number of ether oxygens (including phenoxy) is 1. The van der Waals surface area contributed by atoms with Gasteiger partial charge in [0.15, 0.2) is 0 Å². The maximum atomic E-state index is 13.1. The molecule has 146 valence electrons. The lowest BCUT2D eigenvalue weighted by Crippen LogP contribution is -2.38. The van der Waals surface area contributed by atoms with Crippen LogP contribution in [0.5, 0.6) is 5.75 Å². The molecule has 0 saturated carbocycles. The summed E-state index contributed by atoms with van der Waals surface area (Å²) >= 11 is 0. The monoisotopic (exact) mass is 380 g/mol. The summed E-state index contributed by atoms with van der Waals surface area (Å²) in [6.07, 6.45) is 3.42. The van der Waals surface area contributed by atoms with Crippen LogP contribution in [0.1, 0.15) is 11.3 Å². The van der Waals surface area contributed by atoms with E-state index in [4.69, 9.17) is 9.15 Å². The van der Waals surface area contributed by atoms with E-state index in [1.165, 1.54) is 0 Å². The summed E-state index contributed by atoms with van der Waals surface area (Å²) in [6, 6.07) is 11.6. The van der Waals surface area contributed by atoms with Crippen molar-refractivity contribution in [3.05, 3.63) is 60.2 Å². The van der Waals surface area contributed by atoms with Gasteiger partial charge in [0.2, 0.25) is 5.91 Å². The summed E-state index contributed by atoms with van der Waals surface area (Å²) in [5.74, 6) is 1.60. The first-order valence-electron chi connectivity index (χ1n) is 9.33. The zero-order chi connectivity index (χ0) is 19.5. The summed E-state index contributed by atoms with van der Waals surface area (Å²) < 4.78 is 13.0. The third-order valence-electron chi connectivity index (χ3n) is 4.82. The number of hydrogen-bond donors (Lipinski definition) is 0. The fraction of sp³-hybridized carbons (Fsp3) is 0.333. The largest absolute Gasteiger partial charge is 0.488 e. The zero-order valence-electron chi connectivity index (χ0n) is 16.2. The van der Waals surface area contributed by atoms with Crippen molar-refractivity contribution in [2.45, 2.75) is 19.7 Å². The van der Waals surface area contributed by atoms with Crippen molar-refractivity contribution < 1.29 is 13.9 Å². The first-order chi connectivity index (χ1) is 13.6. The van der Waals surface area contributed by atoms with E-state index in [0.717, 1.165) is 34.9 Å². The number of likely N-dealkylation sites (N-methyl/N-ethyl adjacent to an activating group) is 1. The molecule has 28 heavy (non-hydrogen) atoms. The average molecular weight is 380 g/mol. The lowest BCUT2D eigenvalue weighted by atomic mass is 10.0. The SMILES string of the molecule is CN(C)CCN(Cc1ccco1)C(=O)Cn1ncc2c1-c1ccccc1OC2. The number of para-hydroxylation sites is 1. The number of fused-ring (bicyclic) bond motifs is 3. The molecule has 2 aromatic heterocycles. The molecule has 4 rings (SSSR count). The Morgan fingerprint density at radius 1 is 1.18 bits per heavy atom. The van der Waals surface area contributed by atoms with Gasteiger partial charge in [0.25, 0.3) is 0 Å². The predicted octanol–water partition coefficient (Wildman–Crippen LogP) is 2.63. The van der Waals surface area contributed by atoms with E-state index in [-0.39, 0.29) is 12.5 Å². The second-order valence-corrected chi connectivity index (χ2v) is 7.16. The molecule has 1 aromatic carbocycles. The fourth-order valence-electron chi connectivity index (χ4n) is 3.34. The molecule has 0 aliphatic carbocycles. The minimum Gasteiger partial charge on any atom is -0.488 e. The molecular weight excluding hydrogens is 356 g/mol. The highest BCUT2D eigenvalue weighted by Gasteiger charge is 2.24. The van der Waals surface area contributed by atoms with Crippen molar-refractivity contribution in [3.8, 4) is 17.0 Å². The summed E-state index contributed by atoms with van der Waals surface area (Å²) in [6.45, 7) is 2.49. The Balaban J connectivity index is 1.56. The highest BCUT2D eigenvalue weighted by Crippen LogP contribution is 2.37. The highest BCUT2D eigenvalue weighted by atomic mass is 16.5. The van der Waals surface area contributed by atoms with Gasteiger partial charge in [-0.15, -0.1) is 0 Å². The van der Waals surface area contributed by atoms with Crippen molar-refractivity contribution >= 4 is 5.91 Å². The minimum absolute atomic E-state index is 0.00752. The second kappa shape index (κ2) is 7.90. The van der Waals surface area contributed by atoms with Crippen LogP contribution >= 0.6 is 0 Å².